The van der Waals surface area contributed by atoms with E-state index in [0.717, 1.165) is 0 Å². The van der Waals surface area contributed by atoms with Crippen molar-refractivity contribution in [1.82, 2.24) is 0 Å². The molecule has 38 valence electrons. The van der Waals surface area contributed by atoms with Gasteiger partial charge in [0.15, 0.2) is 0 Å². The largest absolute Gasteiger partial charge is 1.00 e. The average molecular weight is 120 g/mol. The van der Waals surface area contributed by atoms with E-state index in [1.807, 2.05) is 0 Å². The van der Waals surface area contributed by atoms with Crippen molar-refractivity contribution in [2.75, 3.05) is 6.86 Å². The van der Waals surface area contributed by atoms with E-state index in [-0.39, 0.29) is 18.9 Å². The van der Waals surface area contributed by atoms with Crippen molar-refractivity contribution in [3.8, 4) is 0 Å². The topological polar surface area (TPSA) is 49.4 Å². The second-order valence-corrected chi connectivity index (χ2v) is 1.08. The Morgan fingerprint density at radius 1 is 1.86 bits per heavy atom. The van der Waals surface area contributed by atoms with Crippen LogP contribution in [0.1, 0.15) is 0 Å². The van der Waals surface area contributed by atoms with E-state index >= 15 is 0 Å². The van der Waals surface area contributed by atoms with E-state index in [9.17, 15) is 4.39 Å². The molecule has 0 aliphatic heterocycles. The standard InChI is InChI=1S/CH3FO3S.Li/c2-1-5-6(3)4;/h1H2,(H,3,4);/q;+1/p-1. The van der Waals surface area contributed by atoms with Gasteiger partial charge in [-0.1, -0.05) is 0 Å². The van der Waals surface area contributed by atoms with Crippen LogP contribution >= 0.6 is 0 Å². The molecular weight excluding hydrogens is 118 g/mol. The fourth-order valence-corrected chi connectivity index (χ4v) is 0.109. The minimum absolute atomic E-state index is 0. The molecule has 1 unspecified atom stereocenters. The summed E-state index contributed by atoms with van der Waals surface area (Å²) in [4.78, 5) is 0. The maximum atomic E-state index is 10.6. The molecule has 0 aromatic rings. The molecule has 0 N–H and O–H groups in total. The molecule has 0 heterocycles. The van der Waals surface area contributed by atoms with Crippen LogP contribution in [-0.2, 0) is 15.5 Å². The number of halogens is 1. The van der Waals surface area contributed by atoms with Gasteiger partial charge < -0.3 is 4.55 Å². The molecule has 0 saturated carbocycles. The third-order valence-corrected chi connectivity index (χ3v) is 0.422. The third-order valence-electron chi connectivity index (χ3n) is 0.141. The summed E-state index contributed by atoms with van der Waals surface area (Å²) in [6, 6.07) is 0. The Labute approximate surface area is 54.9 Å². The molecule has 0 aliphatic carbocycles. The maximum absolute atomic E-state index is 10.6. The third kappa shape index (κ3) is 10.8. The average Bonchev–Trinajstić information content (AvgIpc) is 1.35. The molecule has 0 bridgehead atoms. The predicted octanol–water partition coefficient (Wildman–Crippen LogP) is -3.27. The van der Waals surface area contributed by atoms with Gasteiger partial charge in [0.25, 0.3) is 0 Å². The second-order valence-electron chi connectivity index (χ2n) is 0.431. The minimum Gasteiger partial charge on any atom is -0.750 e. The fraction of sp³-hybridized carbons (Fsp3) is 1.00. The quantitative estimate of drug-likeness (QED) is 0.284. The van der Waals surface area contributed by atoms with Crippen molar-refractivity contribution >= 4 is 11.4 Å². The molecule has 0 saturated heterocycles. The molecule has 0 spiro atoms. The summed E-state index contributed by atoms with van der Waals surface area (Å²) in [5, 5.41) is 0. The Kier molecular flexibility index (Phi) is 9.95. The Bertz CT molecular complexity index is 58.9. The van der Waals surface area contributed by atoms with Gasteiger partial charge in [0.05, 0.1) is 11.4 Å². The van der Waals surface area contributed by atoms with Crippen molar-refractivity contribution in [1.29, 1.82) is 0 Å². The van der Waals surface area contributed by atoms with Gasteiger partial charge in [0.1, 0.15) is 0 Å². The summed E-state index contributed by atoms with van der Waals surface area (Å²) >= 11 is -2.69. The Morgan fingerprint density at radius 3 is 2.29 bits per heavy atom. The van der Waals surface area contributed by atoms with Crippen LogP contribution in [0.5, 0.6) is 0 Å². The first-order valence-electron chi connectivity index (χ1n) is 1.06. The Hall–Kier alpha value is 0.597. The second kappa shape index (κ2) is 6.60. The van der Waals surface area contributed by atoms with E-state index in [2.05, 4.69) is 4.18 Å². The maximum Gasteiger partial charge on any atom is 1.00 e. The number of alkyl halides is 1. The van der Waals surface area contributed by atoms with E-state index in [1.54, 1.807) is 0 Å². The molecule has 7 heavy (non-hydrogen) atoms. The molecule has 0 aromatic heterocycles. The van der Waals surface area contributed by atoms with E-state index in [1.165, 1.54) is 0 Å². The fourth-order valence-electron chi connectivity index (χ4n) is 0.0364. The molecular formula is CH2FLiO3S. The SMILES string of the molecule is O=S([O-])OCF.[Li+]. The zero-order chi connectivity index (χ0) is 4.99. The number of hydrogen-bond acceptors (Lipinski definition) is 3. The zero-order valence-corrected chi connectivity index (χ0v) is 4.53. The van der Waals surface area contributed by atoms with Gasteiger partial charge >= 0.3 is 18.9 Å². The summed E-state index contributed by atoms with van der Waals surface area (Å²) in [6.45, 7) is -1.28. The van der Waals surface area contributed by atoms with Gasteiger partial charge in [0, 0.05) is 0 Å². The van der Waals surface area contributed by atoms with Crippen LogP contribution in [0.4, 0.5) is 4.39 Å². The molecule has 6 heteroatoms. The van der Waals surface area contributed by atoms with Gasteiger partial charge in [-0.3, -0.25) is 4.18 Å². The molecule has 0 rings (SSSR count). The molecule has 0 radical (unpaired) electrons. The van der Waals surface area contributed by atoms with Crippen molar-refractivity contribution in [3.63, 3.8) is 0 Å². The van der Waals surface area contributed by atoms with Crippen LogP contribution in [0, 0.1) is 0 Å². The predicted molar refractivity (Wildman–Crippen MR) is 16.0 cm³/mol. The summed E-state index contributed by atoms with van der Waals surface area (Å²) < 4.78 is 32.2. The van der Waals surface area contributed by atoms with E-state index in [4.69, 9.17) is 8.76 Å². The van der Waals surface area contributed by atoms with Crippen LogP contribution in [0.15, 0.2) is 0 Å². The smallest absolute Gasteiger partial charge is 0.750 e. The Balaban J connectivity index is 0. The first-order chi connectivity index (χ1) is 2.77. The summed E-state index contributed by atoms with van der Waals surface area (Å²) in [5.74, 6) is 0. The van der Waals surface area contributed by atoms with Gasteiger partial charge in [-0.05, 0) is 0 Å². The Morgan fingerprint density at radius 2 is 2.29 bits per heavy atom. The monoisotopic (exact) mass is 120 g/mol. The van der Waals surface area contributed by atoms with Crippen molar-refractivity contribution in [2.45, 2.75) is 0 Å². The van der Waals surface area contributed by atoms with Gasteiger partial charge in [-0.2, -0.15) is 0 Å². The van der Waals surface area contributed by atoms with Gasteiger partial charge in [0.2, 0.25) is 6.86 Å². The van der Waals surface area contributed by atoms with E-state index < -0.39 is 18.2 Å². The molecule has 0 aromatic carbocycles. The normalized spacial score (nSPS) is 12.3. The summed E-state index contributed by atoms with van der Waals surface area (Å²) in [7, 11) is 0. The molecule has 1 atom stereocenters. The number of rotatable bonds is 2. The van der Waals surface area contributed by atoms with Crippen LogP contribution < -0.4 is 18.9 Å². The first kappa shape index (κ1) is 10.6. The number of hydrogen-bond donors (Lipinski definition) is 0. The summed E-state index contributed by atoms with van der Waals surface area (Å²) in [6.07, 6.45) is 0. The molecule has 0 fully saturated rings. The van der Waals surface area contributed by atoms with Crippen LogP contribution in [-0.4, -0.2) is 15.6 Å². The molecule has 0 aliphatic rings. The summed E-state index contributed by atoms with van der Waals surface area (Å²) in [5.41, 5.74) is 0. The van der Waals surface area contributed by atoms with Crippen molar-refractivity contribution in [2.24, 2.45) is 0 Å². The zero-order valence-electron chi connectivity index (χ0n) is 3.72. The molecule has 3 nitrogen and oxygen atoms in total. The first-order valence-corrected chi connectivity index (χ1v) is 2.06. The van der Waals surface area contributed by atoms with Gasteiger partial charge in [-0.25, -0.2) is 8.60 Å². The van der Waals surface area contributed by atoms with Crippen LogP contribution in [0.2, 0.25) is 0 Å². The molecule has 0 amide bonds. The minimum atomic E-state index is -2.69. The van der Waals surface area contributed by atoms with Gasteiger partial charge in [-0.15, -0.1) is 0 Å². The van der Waals surface area contributed by atoms with Crippen molar-refractivity contribution in [3.05, 3.63) is 0 Å². The van der Waals surface area contributed by atoms with Crippen molar-refractivity contribution < 1.29 is 36.2 Å². The van der Waals surface area contributed by atoms with E-state index in [0.29, 0.717) is 0 Å². The van der Waals surface area contributed by atoms with Crippen LogP contribution in [0.3, 0.4) is 0 Å². The van der Waals surface area contributed by atoms with Crippen LogP contribution in [0.25, 0.3) is 0 Å².